The molecule has 1 heterocycles. The lowest BCUT2D eigenvalue weighted by atomic mass is 9.90. The van der Waals surface area contributed by atoms with Gasteiger partial charge in [-0.05, 0) is 27.0 Å². The van der Waals surface area contributed by atoms with E-state index < -0.39 is 0 Å². The highest BCUT2D eigenvalue weighted by Gasteiger charge is 2.33. The van der Waals surface area contributed by atoms with Crippen molar-refractivity contribution in [3.63, 3.8) is 0 Å². The van der Waals surface area contributed by atoms with Crippen molar-refractivity contribution in [3.05, 3.63) is 23.8 Å². The van der Waals surface area contributed by atoms with E-state index in [2.05, 4.69) is 25.2 Å². The first-order valence-electron chi connectivity index (χ1n) is 7.37. The first-order chi connectivity index (χ1) is 10.1. The Morgan fingerprint density at radius 2 is 2.14 bits per heavy atom. The van der Waals surface area contributed by atoms with Crippen LogP contribution in [0.25, 0.3) is 0 Å². The number of hydrogen-bond donors (Lipinski definition) is 2. The molecule has 2 rings (SSSR count). The molecule has 5 heteroatoms. The predicted octanol–water partition coefficient (Wildman–Crippen LogP) is 1.90. The van der Waals surface area contributed by atoms with Gasteiger partial charge in [0.1, 0.15) is 23.7 Å². The second kappa shape index (κ2) is 7.11. The fraction of sp³-hybridized carbons (Fsp3) is 0.625. The SMILES string of the molecule is CNC1CC(C)(C)Oc2cc(OCCOCCO)ccc21. The summed E-state index contributed by atoms with van der Waals surface area (Å²) < 4.78 is 16.9. The maximum atomic E-state index is 8.62. The highest BCUT2D eigenvalue weighted by Crippen LogP contribution is 2.40. The Morgan fingerprint density at radius 1 is 1.33 bits per heavy atom. The van der Waals surface area contributed by atoms with Crippen LogP contribution in [-0.2, 0) is 4.74 Å². The Labute approximate surface area is 126 Å². The predicted molar refractivity (Wildman–Crippen MR) is 81.0 cm³/mol. The lowest BCUT2D eigenvalue weighted by Crippen LogP contribution is -2.38. The van der Waals surface area contributed by atoms with Gasteiger partial charge < -0.3 is 24.6 Å². The molecule has 0 bridgehead atoms. The van der Waals surface area contributed by atoms with Crippen LogP contribution in [0, 0.1) is 0 Å². The maximum Gasteiger partial charge on any atom is 0.128 e. The average molecular weight is 295 g/mol. The average Bonchev–Trinajstić information content (AvgIpc) is 2.44. The van der Waals surface area contributed by atoms with E-state index in [-0.39, 0.29) is 12.2 Å². The molecule has 0 fully saturated rings. The minimum atomic E-state index is -0.191. The molecule has 1 atom stereocenters. The van der Waals surface area contributed by atoms with Crippen LogP contribution in [0.15, 0.2) is 18.2 Å². The topological polar surface area (TPSA) is 60.0 Å². The summed E-state index contributed by atoms with van der Waals surface area (Å²) >= 11 is 0. The summed E-state index contributed by atoms with van der Waals surface area (Å²) in [4.78, 5) is 0. The number of hydrogen-bond acceptors (Lipinski definition) is 5. The minimum absolute atomic E-state index is 0.0349. The molecule has 118 valence electrons. The van der Waals surface area contributed by atoms with Gasteiger partial charge in [-0.1, -0.05) is 6.07 Å². The van der Waals surface area contributed by atoms with E-state index in [9.17, 15) is 0 Å². The highest BCUT2D eigenvalue weighted by atomic mass is 16.5. The first-order valence-corrected chi connectivity index (χ1v) is 7.37. The second-order valence-corrected chi connectivity index (χ2v) is 5.79. The summed E-state index contributed by atoms with van der Waals surface area (Å²) in [5.41, 5.74) is 0.976. The van der Waals surface area contributed by atoms with Gasteiger partial charge in [0.05, 0.1) is 19.8 Å². The minimum Gasteiger partial charge on any atom is -0.491 e. The molecule has 0 aliphatic carbocycles. The zero-order valence-corrected chi connectivity index (χ0v) is 13.0. The molecule has 0 radical (unpaired) electrons. The molecule has 21 heavy (non-hydrogen) atoms. The van der Waals surface area contributed by atoms with Crippen LogP contribution in [0.3, 0.4) is 0 Å². The highest BCUT2D eigenvalue weighted by molar-refractivity contribution is 5.44. The zero-order valence-electron chi connectivity index (χ0n) is 13.0. The van der Waals surface area contributed by atoms with Crippen molar-refractivity contribution >= 4 is 0 Å². The molecular weight excluding hydrogens is 270 g/mol. The van der Waals surface area contributed by atoms with Crippen LogP contribution in [-0.4, -0.2) is 44.2 Å². The van der Waals surface area contributed by atoms with Gasteiger partial charge in [-0.2, -0.15) is 0 Å². The van der Waals surface area contributed by atoms with Gasteiger partial charge in [0.15, 0.2) is 0 Å². The van der Waals surface area contributed by atoms with Gasteiger partial charge in [-0.15, -0.1) is 0 Å². The number of rotatable bonds is 7. The van der Waals surface area contributed by atoms with Gasteiger partial charge >= 0.3 is 0 Å². The van der Waals surface area contributed by atoms with Crippen LogP contribution in [0.2, 0.25) is 0 Å². The number of aliphatic hydroxyl groups is 1. The molecule has 1 unspecified atom stereocenters. The zero-order chi connectivity index (χ0) is 15.3. The normalized spacial score (nSPS) is 19.7. The molecule has 1 aromatic rings. The molecule has 2 N–H and O–H groups in total. The quantitative estimate of drug-likeness (QED) is 0.752. The molecule has 0 saturated carbocycles. The van der Waals surface area contributed by atoms with Crippen LogP contribution < -0.4 is 14.8 Å². The number of nitrogens with one attached hydrogen (secondary N) is 1. The first kappa shape index (κ1) is 16.1. The largest absolute Gasteiger partial charge is 0.491 e. The Balaban J connectivity index is 2.01. The van der Waals surface area contributed by atoms with Gasteiger partial charge in [0.25, 0.3) is 0 Å². The monoisotopic (exact) mass is 295 g/mol. The maximum absolute atomic E-state index is 8.62. The van der Waals surface area contributed by atoms with E-state index in [1.807, 2.05) is 19.2 Å². The lowest BCUT2D eigenvalue weighted by molar-refractivity contribution is 0.0645. The van der Waals surface area contributed by atoms with Crippen LogP contribution >= 0.6 is 0 Å². The van der Waals surface area contributed by atoms with Crippen molar-refractivity contribution in [2.75, 3.05) is 33.5 Å². The summed E-state index contributed by atoms with van der Waals surface area (Å²) in [6, 6.07) is 6.24. The molecule has 0 amide bonds. The molecule has 0 aromatic heterocycles. The fourth-order valence-corrected chi connectivity index (χ4v) is 2.56. The van der Waals surface area contributed by atoms with Crippen LogP contribution in [0.4, 0.5) is 0 Å². The van der Waals surface area contributed by atoms with Crippen molar-refractivity contribution in [2.45, 2.75) is 31.9 Å². The van der Waals surface area contributed by atoms with Crippen molar-refractivity contribution in [1.82, 2.24) is 5.32 Å². The molecule has 1 aliphatic rings. The third kappa shape index (κ3) is 4.33. The van der Waals surface area contributed by atoms with E-state index in [4.69, 9.17) is 19.3 Å². The third-order valence-corrected chi connectivity index (χ3v) is 3.52. The van der Waals surface area contributed by atoms with Gasteiger partial charge in [-0.25, -0.2) is 0 Å². The van der Waals surface area contributed by atoms with E-state index in [1.54, 1.807) is 0 Å². The number of fused-ring (bicyclic) bond motifs is 1. The van der Waals surface area contributed by atoms with E-state index in [0.29, 0.717) is 25.9 Å². The van der Waals surface area contributed by atoms with Gasteiger partial charge in [0.2, 0.25) is 0 Å². The smallest absolute Gasteiger partial charge is 0.128 e. The number of aliphatic hydroxyl groups excluding tert-OH is 1. The number of ether oxygens (including phenoxy) is 3. The molecular formula is C16H25NO4. The Hall–Kier alpha value is -1.30. The van der Waals surface area contributed by atoms with Crippen molar-refractivity contribution in [3.8, 4) is 11.5 Å². The summed E-state index contributed by atoms with van der Waals surface area (Å²) in [7, 11) is 1.97. The molecule has 1 aromatic carbocycles. The van der Waals surface area contributed by atoms with Crippen molar-refractivity contribution in [2.24, 2.45) is 0 Å². The molecule has 0 saturated heterocycles. The molecule has 5 nitrogen and oxygen atoms in total. The van der Waals surface area contributed by atoms with E-state index in [0.717, 1.165) is 17.9 Å². The van der Waals surface area contributed by atoms with Crippen LogP contribution in [0.1, 0.15) is 31.9 Å². The summed E-state index contributed by atoms with van der Waals surface area (Å²) in [5.74, 6) is 1.65. The Morgan fingerprint density at radius 3 is 2.86 bits per heavy atom. The third-order valence-electron chi connectivity index (χ3n) is 3.52. The Bertz CT molecular complexity index is 462. The van der Waals surface area contributed by atoms with Crippen molar-refractivity contribution < 1.29 is 19.3 Å². The second-order valence-electron chi connectivity index (χ2n) is 5.79. The fourth-order valence-electron chi connectivity index (χ4n) is 2.56. The van der Waals surface area contributed by atoms with E-state index in [1.165, 1.54) is 5.56 Å². The number of benzene rings is 1. The molecule has 0 spiro atoms. The summed E-state index contributed by atoms with van der Waals surface area (Å²) in [6.07, 6.45) is 0.936. The summed E-state index contributed by atoms with van der Waals surface area (Å²) in [6.45, 7) is 5.48. The van der Waals surface area contributed by atoms with Gasteiger partial charge in [-0.3, -0.25) is 0 Å². The van der Waals surface area contributed by atoms with Crippen LogP contribution in [0.5, 0.6) is 11.5 Å². The standard InChI is InChI=1S/C16H25NO4/c1-16(2)11-14(17-3)13-5-4-12(10-15(13)21-16)20-9-8-19-7-6-18/h4-5,10,14,17-18H,6-9,11H2,1-3H3. The van der Waals surface area contributed by atoms with E-state index >= 15 is 0 Å². The van der Waals surface area contributed by atoms with Crippen molar-refractivity contribution in [1.29, 1.82) is 0 Å². The molecule has 1 aliphatic heterocycles. The Kier molecular flexibility index (Phi) is 5.45. The van der Waals surface area contributed by atoms with Gasteiger partial charge in [0, 0.05) is 24.1 Å². The lowest BCUT2D eigenvalue weighted by Gasteiger charge is -2.37. The summed E-state index contributed by atoms with van der Waals surface area (Å²) in [5, 5.41) is 12.0.